The molecular formula is C18H21Cl2NO7P2+2. The van der Waals surface area contributed by atoms with Crippen molar-refractivity contribution in [3.63, 3.8) is 0 Å². The predicted octanol–water partition coefficient (Wildman–Crippen LogP) is 5.65. The van der Waals surface area contributed by atoms with Crippen molar-refractivity contribution in [2.24, 2.45) is 0 Å². The van der Waals surface area contributed by atoms with Crippen LogP contribution in [0, 0.1) is 0 Å². The Morgan fingerprint density at radius 1 is 0.933 bits per heavy atom. The summed E-state index contributed by atoms with van der Waals surface area (Å²) in [4.78, 5) is 0. The van der Waals surface area contributed by atoms with Crippen molar-refractivity contribution in [2.75, 3.05) is 32.8 Å². The summed E-state index contributed by atoms with van der Waals surface area (Å²) in [7, 11) is -2.42. The summed E-state index contributed by atoms with van der Waals surface area (Å²) in [5.41, 5.74) is 0.102. The van der Waals surface area contributed by atoms with Gasteiger partial charge in [-0.1, -0.05) is 47.5 Å². The van der Waals surface area contributed by atoms with E-state index in [0.29, 0.717) is 27.0 Å². The molecule has 0 aliphatic rings. The fourth-order valence-electron chi connectivity index (χ4n) is 2.50. The standard InChI is InChI=1S/C18H21Cl2NO7P2/c1-25-29(23)27-11-18(22,12-28-30(24)26-2)10-13-6-3-4-9-16(13)21-17-14(19)7-5-8-15(17)20/h3-9,21-22H,10-12H2,1-2H3/q+2. The number of rotatable bonds is 12. The summed E-state index contributed by atoms with van der Waals surface area (Å²) in [5, 5.41) is 15.1. The fourth-order valence-corrected chi connectivity index (χ4v) is 3.89. The molecule has 12 heteroatoms. The molecule has 0 heterocycles. The van der Waals surface area contributed by atoms with Gasteiger partial charge in [-0.3, -0.25) is 0 Å². The molecule has 2 N–H and O–H groups in total. The Bertz CT molecular complexity index is 860. The first-order valence-corrected chi connectivity index (χ1v) is 11.5. The average Bonchev–Trinajstić information content (AvgIpc) is 2.74. The third-order valence-electron chi connectivity index (χ3n) is 3.93. The van der Waals surface area contributed by atoms with Crippen LogP contribution in [0.2, 0.25) is 10.0 Å². The molecule has 0 aromatic heterocycles. The minimum atomic E-state index is -2.42. The highest BCUT2D eigenvalue weighted by atomic mass is 35.5. The van der Waals surface area contributed by atoms with Gasteiger partial charge in [-0.05, 0) is 23.8 Å². The van der Waals surface area contributed by atoms with Crippen molar-refractivity contribution in [1.82, 2.24) is 0 Å². The van der Waals surface area contributed by atoms with Crippen LogP contribution in [0.25, 0.3) is 0 Å². The lowest BCUT2D eigenvalue weighted by atomic mass is 9.95. The van der Waals surface area contributed by atoms with Gasteiger partial charge < -0.3 is 10.4 Å². The minimum Gasteiger partial charge on any atom is -0.384 e. The van der Waals surface area contributed by atoms with E-state index >= 15 is 0 Å². The Labute approximate surface area is 186 Å². The number of para-hydroxylation sites is 2. The quantitative estimate of drug-likeness (QED) is 0.364. The normalized spacial score (nSPS) is 14.2. The molecule has 0 saturated heterocycles. The van der Waals surface area contributed by atoms with E-state index in [1.807, 2.05) is 0 Å². The van der Waals surface area contributed by atoms with E-state index in [1.54, 1.807) is 42.5 Å². The lowest BCUT2D eigenvalue weighted by molar-refractivity contribution is -0.0412. The second-order valence-electron chi connectivity index (χ2n) is 6.14. The maximum atomic E-state index is 11.5. The SMILES string of the molecule is CO[P+](=O)OCC(O)(CO[P+](=O)OC)Cc1ccccc1Nc1c(Cl)cccc1Cl. The van der Waals surface area contributed by atoms with Crippen molar-refractivity contribution in [3.8, 4) is 0 Å². The third-order valence-corrected chi connectivity index (χ3v) is 5.84. The lowest BCUT2D eigenvalue weighted by Crippen LogP contribution is -2.41. The Morgan fingerprint density at radius 3 is 2.00 bits per heavy atom. The summed E-state index contributed by atoms with van der Waals surface area (Å²) in [6.07, 6.45) is -0.00196. The van der Waals surface area contributed by atoms with Gasteiger partial charge in [-0.25, -0.2) is 0 Å². The first kappa shape index (κ1) is 25.1. The van der Waals surface area contributed by atoms with Crippen LogP contribution >= 0.6 is 39.7 Å². The van der Waals surface area contributed by atoms with E-state index in [0.717, 1.165) is 0 Å². The Balaban J connectivity index is 2.28. The van der Waals surface area contributed by atoms with E-state index in [1.165, 1.54) is 14.2 Å². The van der Waals surface area contributed by atoms with Gasteiger partial charge in [0.1, 0.15) is 18.8 Å². The van der Waals surface area contributed by atoms with Gasteiger partial charge in [0, 0.05) is 21.2 Å². The Kier molecular flexibility index (Phi) is 10.0. The fraction of sp³-hybridized carbons (Fsp3) is 0.333. The topological polar surface area (TPSA) is 103 Å². The number of hydrogen-bond donors (Lipinski definition) is 2. The van der Waals surface area contributed by atoms with Crippen LogP contribution in [-0.2, 0) is 33.6 Å². The number of nitrogens with one attached hydrogen (secondary N) is 1. The largest absolute Gasteiger partial charge is 0.697 e. The Morgan fingerprint density at radius 2 is 1.47 bits per heavy atom. The first-order chi connectivity index (χ1) is 14.3. The molecule has 2 aromatic carbocycles. The van der Waals surface area contributed by atoms with Crippen molar-refractivity contribution >= 4 is 51.1 Å². The van der Waals surface area contributed by atoms with Crippen LogP contribution in [0.5, 0.6) is 0 Å². The zero-order valence-electron chi connectivity index (χ0n) is 16.2. The van der Waals surface area contributed by atoms with E-state index < -0.39 is 35.3 Å². The maximum Gasteiger partial charge on any atom is 0.697 e. The van der Waals surface area contributed by atoms with Crippen molar-refractivity contribution in [2.45, 2.75) is 12.0 Å². The van der Waals surface area contributed by atoms with Crippen molar-refractivity contribution in [3.05, 3.63) is 58.1 Å². The highest BCUT2D eigenvalue weighted by Gasteiger charge is 2.38. The van der Waals surface area contributed by atoms with Crippen LogP contribution in [-0.4, -0.2) is 38.1 Å². The molecule has 0 amide bonds. The van der Waals surface area contributed by atoms with Gasteiger partial charge >= 0.3 is 16.5 Å². The highest BCUT2D eigenvalue weighted by molar-refractivity contribution is 7.33. The van der Waals surface area contributed by atoms with E-state index in [4.69, 9.17) is 32.2 Å². The molecule has 0 bridgehead atoms. The van der Waals surface area contributed by atoms with Crippen LogP contribution in [0.15, 0.2) is 42.5 Å². The molecule has 0 aliphatic carbocycles. The molecule has 0 aliphatic heterocycles. The molecule has 162 valence electrons. The van der Waals surface area contributed by atoms with Gasteiger partial charge in [0.05, 0.1) is 30.0 Å². The van der Waals surface area contributed by atoms with Gasteiger partial charge in [-0.2, -0.15) is 0 Å². The summed E-state index contributed by atoms with van der Waals surface area (Å²) in [6.45, 7) is -0.797. The molecule has 30 heavy (non-hydrogen) atoms. The minimum absolute atomic E-state index is 0.00196. The third kappa shape index (κ3) is 7.50. The van der Waals surface area contributed by atoms with Gasteiger partial charge in [-0.15, -0.1) is 18.1 Å². The second-order valence-corrected chi connectivity index (χ2v) is 9.09. The Hall–Kier alpha value is -1.18. The molecule has 8 nitrogen and oxygen atoms in total. The summed E-state index contributed by atoms with van der Waals surface area (Å²) in [6, 6.07) is 12.2. The monoisotopic (exact) mass is 495 g/mol. The smallest absolute Gasteiger partial charge is 0.384 e. The van der Waals surface area contributed by atoms with Crippen LogP contribution in [0.4, 0.5) is 11.4 Å². The molecule has 0 fully saturated rings. The molecular weight excluding hydrogens is 475 g/mol. The molecule has 2 aromatic rings. The van der Waals surface area contributed by atoms with Crippen molar-refractivity contribution < 1.29 is 32.3 Å². The van der Waals surface area contributed by atoms with Gasteiger partial charge in [0.25, 0.3) is 0 Å². The number of halogens is 2. The van der Waals surface area contributed by atoms with Gasteiger partial charge in [0.2, 0.25) is 0 Å². The first-order valence-electron chi connectivity index (χ1n) is 8.58. The zero-order chi connectivity index (χ0) is 22.1. The summed E-state index contributed by atoms with van der Waals surface area (Å²) >= 11 is 12.5. The number of hydrogen-bond acceptors (Lipinski definition) is 8. The van der Waals surface area contributed by atoms with Crippen LogP contribution in [0.1, 0.15) is 5.56 Å². The van der Waals surface area contributed by atoms with Crippen LogP contribution < -0.4 is 5.32 Å². The summed E-state index contributed by atoms with van der Waals surface area (Å²) < 4.78 is 42.3. The number of anilines is 2. The predicted molar refractivity (Wildman–Crippen MR) is 116 cm³/mol. The summed E-state index contributed by atoms with van der Waals surface area (Å²) in [5.74, 6) is 0. The van der Waals surface area contributed by atoms with Crippen LogP contribution in [0.3, 0.4) is 0 Å². The average molecular weight is 496 g/mol. The number of benzene rings is 2. The zero-order valence-corrected chi connectivity index (χ0v) is 19.5. The maximum absolute atomic E-state index is 11.5. The molecule has 2 atom stereocenters. The van der Waals surface area contributed by atoms with E-state index in [9.17, 15) is 14.2 Å². The molecule has 2 rings (SSSR count). The highest BCUT2D eigenvalue weighted by Crippen LogP contribution is 2.35. The van der Waals surface area contributed by atoms with E-state index in [2.05, 4.69) is 14.4 Å². The molecule has 0 radical (unpaired) electrons. The van der Waals surface area contributed by atoms with E-state index in [-0.39, 0.29) is 6.42 Å². The lowest BCUT2D eigenvalue weighted by Gasteiger charge is -2.24. The number of aliphatic hydroxyl groups is 1. The molecule has 0 saturated carbocycles. The molecule has 2 unspecified atom stereocenters. The van der Waals surface area contributed by atoms with Gasteiger partial charge in [0.15, 0.2) is 0 Å². The van der Waals surface area contributed by atoms with Crippen molar-refractivity contribution in [1.29, 1.82) is 0 Å². The second kappa shape index (κ2) is 12.0. The molecule has 0 spiro atoms.